The van der Waals surface area contributed by atoms with Gasteiger partial charge in [-0.2, -0.15) is 5.26 Å². The first kappa shape index (κ1) is 12.9. The largest absolute Gasteiger partial charge is 0.354 e. The molecule has 18 heavy (non-hydrogen) atoms. The Labute approximate surface area is 119 Å². The summed E-state index contributed by atoms with van der Waals surface area (Å²) in [5.41, 5.74) is 3.37. The molecule has 0 aliphatic rings. The van der Waals surface area contributed by atoms with Gasteiger partial charge in [-0.3, -0.25) is 0 Å². The predicted molar refractivity (Wildman–Crippen MR) is 78.3 cm³/mol. The number of rotatable bonds is 2. The minimum absolute atomic E-state index is 0.645. The summed E-state index contributed by atoms with van der Waals surface area (Å²) >= 11 is 9.50. The molecule has 90 valence electrons. The van der Waals surface area contributed by atoms with Crippen LogP contribution in [0, 0.1) is 18.3 Å². The minimum atomic E-state index is 0.645. The topological polar surface area (TPSA) is 35.8 Å². The van der Waals surface area contributed by atoms with Gasteiger partial charge in [0.2, 0.25) is 0 Å². The van der Waals surface area contributed by atoms with Gasteiger partial charge in [-0.1, -0.05) is 27.5 Å². The normalized spacial score (nSPS) is 9.89. The molecule has 0 atom stereocenters. The molecule has 0 saturated carbocycles. The lowest BCUT2D eigenvalue weighted by molar-refractivity contribution is 1.38. The van der Waals surface area contributed by atoms with E-state index in [2.05, 4.69) is 27.3 Å². The monoisotopic (exact) mass is 320 g/mol. The van der Waals surface area contributed by atoms with Crippen LogP contribution >= 0.6 is 27.5 Å². The van der Waals surface area contributed by atoms with Crippen molar-refractivity contribution >= 4 is 38.9 Å². The molecule has 0 fully saturated rings. The lowest BCUT2D eigenvalue weighted by Crippen LogP contribution is -1.93. The first-order chi connectivity index (χ1) is 8.60. The number of anilines is 2. The maximum Gasteiger partial charge on any atom is 0.0994 e. The van der Waals surface area contributed by atoms with Gasteiger partial charge in [-0.15, -0.1) is 0 Å². The Morgan fingerprint density at radius 3 is 2.61 bits per heavy atom. The average Bonchev–Trinajstić information content (AvgIpc) is 2.33. The van der Waals surface area contributed by atoms with Crippen molar-refractivity contribution in [2.75, 3.05) is 5.32 Å². The van der Waals surface area contributed by atoms with Gasteiger partial charge < -0.3 is 5.32 Å². The third kappa shape index (κ3) is 2.84. The molecule has 2 aromatic carbocycles. The molecule has 1 N–H and O–H groups in total. The van der Waals surface area contributed by atoms with E-state index in [0.29, 0.717) is 10.6 Å². The zero-order chi connectivity index (χ0) is 13.1. The second kappa shape index (κ2) is 5.43. The highest BCUT2D eigenvalue weighted by Crippen LogP contribution is 2.28. The van der Waals surface area contributed by atoms with Crippen LogP contribution in [-0.2, 0) is 0 Å². The average molecular weight is 322 g/mol. The van der Waals surface area contributed by atoms with Crippen LogP contribution in [0.5, 0.6) is 0 Å². The molecular weight excluding hydrogens is 312 g/mol. The Bertz CT molecular complexity index is 632. The molecule has 0 aliphatic carbocycles. The number of nitrogens with one attached hydrogen (secondary N) is 1. The molecule has 0 radical (unpaired) electrons. The second-order valence-corrected chi connectivity index (χ2v) is 5.21. The fourth-order valence-corrected chi connectivity index (χ4v) is 2.33. The van der Waals surface area contributed by atoms with E-state index in [1.54, 1.807) is 6.07 Å². The molecule has 4 heteroatoms. The van der Waals surface area contributed by atoms with Crippen molar-refractivity contribution in [1.82, 2.24) is 0 Å². The van der Waals surface area contributed by atoms with E-state index in [1.165, 1.54) is 0 Å². The molecule has 0 aliphatic heterocycles. The van der Waals surface area contributed by atoms with Gasteiger partial charge >= 0.3 is 0 Å². The lowest BCUT2D eigenvalue weighted by Gasteiger charge is -2.10. The molecular formula is C14H10BrClN2. The molecule has 0 heterocycles. The molecule has 0 saturated heterocycles. The van der Waals surface area contributed by atoms with Gasteiger partial charge in [0.1, 0.15) is 0 Å². The van der Waals surface area contributed by atoms with Crippen LogP contribution in [0.2, 0.25) is 5.02 Å². The molecule has 2 aromatic rings. The Balaban J connectivity index is 2.29. The summed E-state index contributed by atoms with van der Waals surface area (Å²) in [6, 6.07) is 13.4. The van der Waals surface area contributed by atoms with Gasteiger partial charge in [0.25, 0.3) is 0 Å². The summed E-state index contributed by atoms with van der Waals surface area (Å²) in [6.07, 6.45) is 0. The van der Waals surface area contributed by atoms with Gasteiger partial charge in [0, 0.05) is 10.2 Å². The summed E-state index contributed by atoms with van der Waals surface area (Å²) < 4.78 is 0.939. The molecule has 0 amide bonds. The van der Waals surface area contributed by atoms with E-state index in [1.807, 2.05) is 37.3 Å². The van der Waals surface area contributed by atoms with Crippen molar-refractivity contribution in [2.24, 2.45) is 0 Å². The third-order valence-corrected chi connectivity index (χ3v) is 3.36. The molecule has 2 rings (SSSR count). The highest BCUT2D eigenvalue weighted by Gasteiger charge is 2.03. The van der Waals surface area contributed by atoms with Crippen molar-refractivity contribution in [3.63, 3.8) is 0 Å². The smallest absolute Gasteiger partial charge is 0.0994 e. The zero-order valence-corrected chi connectivity index (χ0v) is 12.0. The van der Waals surface area contributed by atoms with Crippen molar-refractivity contribution in [2.45, 2.75) is 6.92 Å². The molecule has 0 unspecified atom stereocenters. The van der Waals surface area contributed by atoms with E-state index >= 15 is 0 Å². The number of hydrogen-bond donors (Lipinski definition) is 1. The third-order valence-electron chi connectivity index (χ3n) is 2.56. The van der Waals surface area contributed by atoms with Crippen LogP contribution < -0.4 is 5.32 Å². The molecule has 0 bridgehead atoms. The van der Waals surface area contributed by atoms with Gasteiger partial charge in [-0.05, 0) is 48.9 Å². The number of hydrogen-bond acceptors (Lipinski definition) is 2. The summed E-state index contributed by atoms with van der Waals surface area (Å²) in [6.45, 7) is 1.91. The van der Waals surface area contributed by atoms with Crippen molar-refractivity contribution < 1.29 is 0 Å². The van der Waals surface area contributed by atoms with Crippen LogP contribution in [-0.4, -0.2) is 0 Å². The molecule has 0 aromatic heterocycles. The lowest BCUT2D eigenvalue weighted by atomic mass is 10.1. The van der Waals surface area contributed by atoms with Crippen LogP contribution in [0.3, 0.4) is 0 Å². The van der Waals surface area contributed by atoms with E-state index < -0.39 is 0 Å². The number of halogens is 2. The summed E-state index contributed by atoms with van der Waals surface area (Å²) in [7, 11) is 0. The fraction of sp³-hybridized carbons (Fsp3) is 0.0714. The summed E-state index contributed by atoms with van der Waals surface area (Å²) in [5, 5.41) is 12.8. The summed E-state index contributed by atoms with van der Waals surface area (Å²) in [4.78, 5) is 0. The summed E-state index contributed by atoms with van der Waals surface area (Å²) in [5.74, 6) is 0. The second-order valence-electron chi connectivity index (χ2n) is 3.89. The van der Waals surface area contributed by atoms with Gasteiger partial charge in [0.05, 0.1) is 22.3 Å². The first-order valence-corrected chi connectivity index (χ1v) is 6.50. The van der Waals surface area contributed by atoms with E-state index in [0.717, 1.165) is 21.4 Å². The Morgan fingerprint density at radius 2 is 2.00 bits per heavy atom. The Morgan fingerprint density at radius 1 is 1.22 bits per heavy atom. The maximum absolute atomic E-state index is 8.88. The number of nitrogens with zero attached hydrogens (tertiary/aromatic N) is 1. The standard InChI is InChI=1S/C14H10BrClN2/c1-9-6-12(4-2-10(9)8-17)18-14-5-3-11(15)7-13(14)16/h2-7,18H,1H3. The van der Waals surface area contributed by atoms with Crippen molar-refractivity contribution in [3.8, 4) is 6.07 Å². The first-order valence-electron chi connectivity index (χ1n) is 5.33. The number of aryl methyl sites for hydroxylation is 1. The zero-order valence-electron chi connectivity index (χ0n) is 9.67. The highest BCUT2D eigenvalue weighted by molar-refractivity contribution is 9.10. The SMILES string of the molecule is Cc1cc(Nc2ccc(Br)cc2Cl)ccc1C#N. The van der Waals surface area contributed by atoms with Crippen molar-refractivity contribution in [1.29, 1.82) is 5.26 Å². The maximum atomic E-state index is 8.88. The predicted octanol–water partition coefficient (Wildman–Crippen LogP) is 5.03. The molecule has 2 nitrogen and oxygen atoms in total. The van der Waals surface area contributed by atoms with Crippen LogP contribution in [0.1, 0.15) is 11.1 Å². The Kier molecular flexibility index (Phi) is 3.90. The van der Waals surface area contributed by atoms with E-state index in [-0.39, 0.29) is 0 Å². The van der Waals surface area contributed by atoms with Gasteiger partial charge in [0.15, 0.2) is 0 Å². The highest BCUT2D eigenvalue weighted by atomic mass is 79.9. The number of nitriles is 1. The van der Waals surface area contributed by atoms with Crippen molar-refractivity contribution in [3.05, 3.63) is 57.0 Å². The van der Waals surface area contributed by atoms with E-state index in [9.17, 15) is 0 Å². The minimum Gasteiger partial charge on any atom is -0.354 e. The fourth-order valence-electron chi connectivity index (χ4n) is 1.61. The van der Waals surface area contributed by atoms with Gasteiger partial charge in [-0.25, -0.2) is 0 Å². The van der Waals surface area contributed by atoms with Crippen LogP contribution in [0.15, 0.2) is 40.9 Å². The molecule has 0 spiro atoms. The van der Waals surface area contributed by atoms with Crippen LogP contribution in [0.4, 0.5) is 11.4 Å². The Hall–Kier alpha value is -1.50. The quantitative estimate of drug-likeness (QED) is 0.842. The van der Waals surface area contributed by atoms with E-state index in [4.69, 9.17) is 16.9 Å². The van der Waals surface area contributed by atoms with Crippen LogP contribution in [0.25, 0.3) is 0 Å². The number of benzene rings is 2.